The van der Waals surface area contributed by atoms with Gasteiger partial charge in [0.2, 0.25) is 5.82 Å². The zero-order chi connectivity index (χ0) is 15.3. The fourth-order valence-corrected chi connectivity index (χ4v) is 2.00. The number of benzene rings is 1. The van der Waals surface area contributed by atoms with Crippen molar-refractivity contribution in [2.45, 2.75) is 45.7 Å². The van der Waals surface area contributed by atoms with Crippen molar-refractivity contribution in [3.8, 4) is 0 Å². The predicted octanol–water partition coefficient (Wildman–Crippen LogP) is 2.63. The molecule has 1 aromatic heterocycles. The van der Waals surface area contributed by atoms with E-state index in [1.165, 1.54) is 0 Å². The Morgan fingerprint density at radius 3 is 2.52 bits per heavy atom. The highest BCUT2D eigenvalue weighted by atomic mass is 16.2. The van der Waals surface area contributed by atoms with Gasteiger partial charge in [0, 0.05) is 5.54 Å². The van der Waals surface area contributed by atoms with E-state index >= 15 is 0 Å². The molecular weight excluding hydrogens is 264 g/mol. The third-order valence-corrected chi connectivity index (χ3v) is 3.90. The molecule has 0 spiro atoms. The van der Waals surface area contributed by atoms with Crippen LogP contribution in [0.1, 0.15) is 49.8 Å². The van der Waals surface area contributed by atoms with E-state index in [4.69, 9.17) is 0 Å². The molecule has 0 fully saturated rings. The van der Waals surface area contributed by atoms with E-state index in [0.717, 1.165) is 18.4 Å². The first-order valence-corrected chi connectivity index (χ1v) is 7.32. The Bertz CT molecular complexity index is 587. The molecule has 1 N–H and O–H groups in total. The summed E-state index contributed by atoms with van der Waals surface area (Å²) in [5, 5.41) is 7.26. The van der Waals surface area contributed by atoms with Crippen molar-refractivity contribution >= 4 is 5.91 Å². The molecule has 5 nitrogen and oxygen atoms in total. The molecule has 0 radical (unpaired) electrons. The second kappa shape index (κ2) is 6.52. The average molecular weight is 286 g/mol. The maximum atomic E-state index is 12.2. The summed E-state index contributed by atoms with van der Waals surface area (Å²) in [5.74, 6) is 0.00654. The molecule has 1 amide bonds. The van der Waals surface area contributed by atoms with Crippen molar-refractivity contribution in [1.29, 1.82) is 0 Å². The summed E-state index contributed by atoms with van der Waals surface area (Å²) in [6.07, 6.45) is 3.34. The molecule has 0 bridgehead atoms. The summed E-state index contributed by atoms with van der Waals surface area (Å²) in [5.41, 5.74) is 0.920. The Morgan fingerprint density at radius 2 is 1.90 bits per heavy atom. The van der Waals surface area contributed by atoms with Gasteiger partial charge in [0.1, 0.15) is 6.33 Å². The highest BCUT2D eigenvalue weighted by molar-refractivity contribution is 5.90. The van der Waals surface area contributed by atoms with Gasteiger partial charge in [-0.15, -0.1) is 5.10 Å². The fraction of sp³-hybridized carbons (Fsp3) is 0.438. The van der Waals surface area contributed by atoms with Gasteiger partial charge in [-0.05, 0) is 25.3 Å². The molecule has 0 aliphatic heterocycles. The lowest BCUT2D eigenvalue weighted by Crippen LogP contribution is -2.45. The number of aromatic nitrogens is 3. The van der Waals surface area contributed by atoms with E-state index in [-0.39, 0.29) is 17.3 Å². The average Bonchev–Trinajstić information content (AvgIpc) is 2.97. The normalized spacial score (nSPS) is 11.4. The number of nitrogens with zero attached hydrogens (tertiary/aromatic N) is 3. The van der Waals surface area contributed by atoms with Gasteiger partial charge in [-0.3, -0.25) is 4.79 Å². The smallest absolute Gasteiger partial charge is 0.291 e. The van der Waals surface area contributed by atoms with Crippen molar-refractivity contribution < 1.29 is 4.79 Å². The van der Waals surface area contributed by atoms with Gasteiger partial charge in [-0.25, -0.2) is 9.67 Å². The number of carbonyl (C=O) groups excluding carboxylic acids is 1. The van der Waals surface area contributed by atoms with Crippen LogP contribution in [0.15, 0.2) is 36.7 Å². The summed E-state index contributed by atoms with van der Waals surface area (Å²) < 4.78 is 1.68. The molecular formula is C16H22N4O. The van der Waals surface area contributed by atoms with Crippen LogP contribution in [0, 0.1) is 0 Å². The molecule has 0 aliphatic rings. The van der Waals surface area contributed by atoms with Crippen LogP contribution in [0.4, 0.5) is 0 Å². The van der Waals surface area contributed by atoms with E-state index in [9.17, 15) is 4.79 Å². The number of carbonyl (C=O) groups is 1. The molecule has 1 aromatic carbocycles. The second-order valence-electron chi connectivity index (χ2n) is 5.47. The Kier molecular flexibility index (Phi) is 4.73. The molecule has 0 atom stereocenters. The van der Waals surface area contributed by atoms with Gasteiger partial charge >= 0.3 is 0 Å². The topological polar surface area (TPSA) is 59.8 Å². The molecule has 5 heteroatoms. The zero-order valence-electron chi connectivity index (χ0n) is 12.8. The standard InChI is InChI=1S/C16H22N4O/c1-4-16(3,5-2)18-15(21)14-17-12-20(19-14)11-13-9-7-6-8-10-13/h6-10,12H,4-5,11H2,1-3H3,(H,18,21). The Balaban J connectivity index is 2.04. The highest BCUT2D eigenvalue weighted by Crippen LogP contribution is 2.14. The number of hydrogen-bond donors (Lipinski definition) is 1. The SMILES string of the molecule is CCC(C)(CC)NC(=O)c1ncn(Cc2ccccc2)n1. The minimum atomic E-state index is -0.215. The molecule has 112 valence electrons. The fourth-order valence-electron chi connectivity index (χ4n) is 2.00. The quantitative estimate of drug-likeness (QED) is 0.888. The highest BCUT2D eigenvalue weighted by Gasteiger charge is 2.24. The van der Waals surface area contributed by atoms with Gasteiger partial charge in [0.15, 0.2) is 0 Å². The van der Waals surface area contributed by atoms with Gasteiger partial charge in [-0.1, -0.05) is 44.2 Å². The van der Waals surface area contributed by atoms with Crippen molar-refractivity contribution in [3.05, 3.63) is 48.0 Å². The maximum absolute atomic E-state index is 12.2. The van der Waals surface area contributed by atoms with E-state index in [2.05, 4.69) is 29.2 Å². The summed E-state index contributed by atoms with van der Waals surface area (Å²) in [6.45, 7) is 6.77. The van der Waals surface area contributed by atoms with Crippen LogP contribution in [0.2, 0.25) is 0 Å². The first-order chi connectivity index (χ1) is 10.1. The van der Waals surface area contributed by atoms with Crippen LogP contribution in [0.3, 0.4) is 0 Å². The first kappa shape index (κ1) is 15.2. The van der Waals surface area contributed by atoms with E-state index < -0.39 is 0 Å². The molecule has 0 saturated heterocycles. The van der Waals surface area contributed by atoms with Gasteiger partial charge in [0.25, 0.3) is 5.91 Å². The van der Waals surface area contributed by atoms with Crippen molar-refractivity contribution in [2.75, 3.05) is 0 Å². The van der Waals surface area contributed by atoms with E-state index in [1.54, 1.807) is 11.0 Å². The molecule has 0 aliphatic carbocycles. The van der Waals surface area contributed by atoms with E-state index in [1.807, 2.05) is 37.3 Å². The van der Waals surface area contributed by atoms with Gasteiger partial charge in [-0.2, -0.15) is 0 Å². The van der Waals surface area contributed by atoms with Crippen LogP contribution in [-0.2, 0) is 6.54 Å². The van der Waals surface area contributed by atoms with Crippen molar-refractivity contribution in [1.82, 2.24) is 20.1 Å². The van der Waals surface area contributed by atoms with Crippen molar-refractivity contribution in [2.24, 2.45) is 0 Å². The Labute approximate surface area is 125 Å². The molecule has 0 saturated carbocycles. The van der Waals surface area contributed by atoms with Crippen LogP contribution in [-0.4, -0.2) is 26.2 Å². The molecule has 1 heterocycles. The minimum Gasteiger partial charge on any atom is -0.344 e. The lowest BCUT2D eigenvalue weighted by molar-refractivity contribution is 0.0890. The lowest BCUT2D eigenvalue weighted by atomic mass is 9.95. The summed E-state index contributed by atoms with van der Waals surface area (Å²) >= 11 is 0. The molecule has 21 heavy (non-hydrogen) atoms. The Hall–Kier alpha value is -2.17. The predicted molar refractivity (Wildman–Crippen MR) is 82.0 cm³/mol. The number of amides is 1. The second-order valence-corrected chi connectivity index (χ2v) is 5.47. The van der Waals surface area contributed by atoms with Crippen LogP contribution in [0.5, 0.6) is 0 Å². The number of hydrogen-bond acceptors (Lipinski definition) is 3. The Morgan fingerprint density at radius 1 is 1.24 bits per heavy atom. The third kappa shape index (κ3) is 3.90. The summed E-state index contributed by atoms with van der Waals surface area (Å²) in [6, 6.07) is 9.97. The summed E-state index contributed by atoms with van der Waals surface area (Å²) in [4.78, 5) is 16.3. The largest absolute Gasteiger partial charge is 0.344 e. The zero-order valence-corrected chi connectivity index (χ0v) is 12.8. The van der Waals surface area contributed by atoms with Crippen LogP contribution in [0.25, 0.3) is 0 Å². The number of rotatable bonds is 6. The molecule has 2 aromatic rings. The van der Waals surface area contributed by atoms with Crippen LogP contribution < -0.4 is 5.32 Å². The van der Waals surface area contributed by atoms with Gasteiger partial charge < -0.3 is 5.32 Å². The minimum absolute atomic E-state index is 0.206. The first-order valence-electron chi connectivity index (χ1n) is 7.32. The lowest BCUT2D eigenvalue weighted by Gasteiger charge is -2.27. The van der Waals surface area contributed by atoms with Crippen molar-refractivity contribution in [3.63, 3.8) is 0 Å². The number of nitrogens with one attached hydrogen (secondary N) is 1. The molecule has 2 rings (SSSR count). The van der Waals surface area contributed by atoms with E-state index in [0.29, 0.717) is 6.54 Å². The van der Waals surface area contributed by atoms with Gasteiger partial charge in [0.05, 0.1) is 6.54 Å². The summed E-state index contributed by atoms with van der Waals surface area (Å²) in [7, 11) is 0. The third-order valence-electron chi connectivity index (χ3n) is 3.90. The van der Waals surface area contributed by atoms with Crippen LogP contribution >= 0.6 is 0 Å². The molecule has 0 unspecified atom stereocenters. The maximum Gasteiger partial charge on any atom is 0.291 e. The monoisotopic (exact) mass is 286 g/mol.